The molecule has 3 heteroatoms. The van der Waals surface area contributed by atoms with Crippen LogP contribution < -0.4 is 4.90 Å². The van der Waals surface area contributed by atoms with Crippen molar-refractivity contribution in [3.05, 3.63) is 197 Å². The maximum atomic E-state index is 6.58. The van der Waals surface area contributed by atoms with Crippen LogP contribution in [0.5, 0.6) is 0 Å². The van der Waals surface area contributed by atoms with E-state index >= 15 is 0 Å². The summed E-state index contributed by atoms with van der Waals surface area (Å²) in [7, 11) is 0. The summed E-state index contributed by atoms with van der Waals surface area (Å²) in [5, 5.41) is 0. The lowest BCUT2D eigenvalue weighted by Crippen LogP contribution is -2.33. The van der Waals surface area contributed by atoms with Crippen LogP contribution in [-0.4, -0.2) is 10.9 Å². The van der Waals surface area contributed by atoms with Crippen molar-refractivity contribution in [3.8, 4) is 0 Å². The number of hydrogen-bond acceptors (Lipinski definition) is 3. The van der Waals surface area contributed by atoms with Crippen LogP contribution in [0, 0.1) is 5.92 Å². The number of benzene rings is 1. The average molecular weight is 671 g/mol. The van der Waals surface area contributed by atoms with E-state index < -0.39 is 0 Å². The lowest BCUT2D eigenvalue weighted by Gasteiger charge is -2.37. The van der Waals surface area contributed by atoms with Gasteiger partial charge in [-0.2, -0.15) is 0 Å². The van der Waals surface area contributed by atoms with Gasteiger partial charge < -0.3 is 14.5 Å². The van der Waals surface area contributed by atoms with E-state index in [9.17, 15) is 0 Å². The van der Waals surface area contributed by atoms with Crippen LogP contribution in [0.1, 0.15) is 82.1 Å². The van der Waals surface area contributed by atoms with Crippen LogP contribution in [0.15, 0.2) is 192 Å². The van der Waals surface area contributed by atoms with E-state index in [1.165, 1.54) is 39.6 Å². The maximum Gasteiger partial charge on any atom is 0.104 e. The van der Waals surface area contributed by atoms with E-state index in [4.69, 9.17) is 4.74 Å². The number of anilines is 1. The number of nitrogens with zero attached hydrogens (tertiary/aromatic N) is 2. The zero-order valence-electron chi connectivity index (χ0n) is 29.7. The largest absolute Gasteiger partial charge is 0.466 e. The molecule has 0 N–H and O–H groups in total. The first-order valence-electron chi connectivity index (χ1n) is 19.2. The van der Waals surface area contributed by atoms with Crippen molar-refractivity contribution in [1.82, 2.24) is 4.90 Å². The molecule has 0 radical (unpaired) electrons. The minimum atomic E-state index is 0.359. The number of allylic oxidation sites excluding steroid dienone is 24. The van der Waals surface area contributed by atoms with Gasteiger partial charge in [0.15, 0.2) is 0 Å². The van der Waals surface area contributed by atoms with Crippen molar-refractivity contribution in [2.75, 3.05) is 4.90 Å². The maximum absolute atomic E-state index is 6.58. The predicted molar refractivity (Wildman–Crippen MR) is 213 cm³/mol. The Hall–Kier alpha value is -5.02. The van der Waals surface area contributed by atoms with Gasteiger partial charge in [-0.3, -0.25) is 0 Å². The first-order chi connectivity index (χ1) is 25.3. The summed E-state index contributed by atoms with van der Waals surface area (Å²) in [5.74, 6) is 3.01. The van der Waals surface area contributed by atoms with Crippen molar-refractivity contribution in [2.24, 2.45) is 5.92 Å². The van der Waals surface area contributed by atoms with Gasteiger partial charge in [0.1, 0.15) is 11.5 Å². The van der Waals surface area contributed by atoms with Gasteiger partial charge in [-0.25, -0.2) is 0 Å². The third-order valence-corrected chi connectivity index (χ3v) is 10.9. The molecule has 0 aromatic heterocycles. The molecule has 7 aliphatic rings. The van der Waals surface area contributed by atoms with E-state index in [1.807, 2.05) is 0 Å². The molecule has 1 aromatic rings. The van der Waals surface area contributed by atoms with Gasteiger partial charge in [-0.1, -0.05) is 103 Å². The first kappa shape index (κ1) is 33.1. The highest BCUT2D eigenvalue weighted by molar-refractivity contribution is 5.63. The summed E-state index contributed by atoms with van der Waals surface area (Å²) in [6, 6.07) is 9.61. The van der Waals surface area contributed by atoms with Crippen LogP contribution in [0.3, 0.4) is 0 Å². The Bertz CT molecular complexity index is 1910. The van der Waals surface area contributed by atoms with E-state index in [0.29, 0.717) is 17.9 Å². The molecule has 0 heterocycles. The fourth-order valence-corrected chi connectivity index (χ4v) is 8.16. The van der Waals surface area contributed by atoms with Crippen molar-refractivity contribution < 1.29 is 4.74 Å². The highest BCUT2D eigenvalue weighted by atomic mass is 16.5. The van der Waals surface area contributed by atoms with Gasteiger partial charge in [0, 0.05) is 53.2 Å². The Balaban J connectivity index is 1.00. The summed E-state index contributed by atoms with van der Waals surface area (Å²) in [6.45, 7) is 0. The quantitative estimate of drug-likeness (QED) is 0.246. The van der Waals surface area contributed by atoms with Crippen molar-refractivity contribution in [3.63, 3.8) is 0 Å². The standard InChI is InChI=1S/C48H50N2O/c1-5-13-37(14-6-1)39-21-25-43(26-22-39)50(44-27-23-40(24-28-44)38-15-7-2-8-16-38)46-31-35-48(36-32-46)51-47-33-29-45(30-34-47)49(41-17-9-3-10-18-41)42-19-11-4-12-20-42/h1,3,5-7,9-11,13,15-17,19-23,25-29,31,33,35,37,40-41H,2,4,8,12,14,18,24,30,32,34,36H2. The summed E-state index contributed by atoms with van der Waals surface area (Å²) in [5.41, 5.74) is 9.30. The normalized spacial score (nSPS) is 25.3. The molecular formula is C48H50N2O. The molecule has 51 heavy (non-hydrogen) atoms. The number of hydrogen-bond donors (Lipinski definition) is 0. The second-order valence-corrected chi connectivity index (χ2v) is 14.4. The van der Waals surface area contributed by atoms with Crippen LogP contribution in [-0.2, 0) is 4.74 Å². The third kappa shape index (κ3) is 7.84. The van der Waals surface area contributed by atoms with Gasteiger partial charge in [0.25, 0.3) is 0 Å². The molecule has 0 aliphatic heterocycles. The van der Waals surface area contributed by atoms with E-state index in [0.717, 1.165) is 82.1 Å². The molecule has 0 saturated heterocycles. The van der Waals surface area contributed by atoms with Crippen molar-refractivity contribution in [2.45, 2.75) is 82.6 Å². The van der Waals surface area contributed by atoms with Crippen LogP contribution in [0.2, 0.25) is 0 Å². The summed E-state index contributed by atoms with van der Waals surface area (Å²) in [6.07, 6.45) is 59.5. The SMILES string of the molecule is C1=CCC(c2ccc(N(C3=CCC(C4=CCCC=C4)C=C3)C3=CC=C(OC4=CC=C(N(C5=CCCC=C5)C5C=CC=CC5)CC4)CC3)cc2)C=C1. The van der Waals surface area contributed by atoms with Gasteiger partial charge in [-0.05, 0) is 118 Å². The molecule has 258 valence electrons. The molecule has 3 unspecified atom stereocenters. The molecule has 0 saturated carbocycles. The van der Waals surface area contributed by atoms with E-state index in [1.54, 1.807) is 0 Å². The molecule has 3 nitrogen and oxygen atoms in total. The fraction of sp³-hybridized carbons (Fsp3) is 0.292. The highest BCUT2D eigenvalue weighted by Gasteiger charge is 2.26. The minimum Gasteiger partial charge on any atom is -0.466 e. The fourth-order valence-electron chi connectivity index (χ4n) is 8.16. The molecule has 3 atom stereocenters. The zero-order chi connectivity index (χ0) is 34.2. The third-order valence-electron chi connectivity index (χ3n) is 10.9. The van der Waals surface area contributed by atoms with E-state index in [-0.39, 0.29) is 0 Å². The van der Waals surface area contributed by atoms with Crippen molar-refractivity contribution >= 4 is 5.69 Å². The Morgan fingerprint density at radius 1 is 0.529 bits per heavy atom. The number of ether oxygens (including phenoxy) is 1. The lowest BCUT2D eigenvalue weighted by atomic mass is 9.88. The predicted octanol–water partition coefficient (Wildman–Crippen LogP) is 12.4. The molecular weight excluding hydrogens is 621 g/mol. The monoisotopic (exact) mass is 670 g/mol. The Labute approximate surface area is 305 Å². The Morgan fingerprint density at radius 2 is 1.27 bits per heavy atom. The summed E-state index contributed by atoms with van der Waals surface area (Å²) < 4.78 is 6.58. The molecule has 0 amide bonds. The smallest absolute Gasteiger partial charge is 0.104 e. The molecule has 1 aromatic carbocycles. The summed E-state index contributed by atoms with van der Waals surface area (Å²) >= 11 is 0. The second kappa shape index (κ2) is 15.9. The molecule has 7 aliphatic carbocycles. The minimum absolute atomic E-state index is 0.359. The highest BCUT2D eigenvalue weighted by Crippen LogP contribution is 2.38. The molecule has 0 fully saturated rings. The lowest BCUT2D eigenvalue weighted by molar-refractivity contribution is 0.266. The van der Waals surface area contributed by atoms with Crippen LogP contribution >= 0.6 is 0 Å². The Kier molecular flexibility index (Phi) is 10.3. The van der Waals surface area contributed by atoms with Gasteiger partial charge in [-0.15, -0.1) is 0 Å². The second-order valence-electron chi connectivity index (χ2n) is 14.4. The molecule has 8 rings (SSSR count). The van der Waals surface area contributed by atoms with Gasteiger partial charge in [0.2, 0.25) is 0 Å². The summed E-state index contributed by atoms with van der Waals surface area (Å²) in [4.78, 5) is 5.01. The van der Waals surface area contributed by atoms with Crippen LogP contribution in [0.4, 0.5) is 5.69 Å². The van der Waals surface area contributed by atoms with Crippen molar-refractivity contribution in [1.29, 1.82) is 0 Å². The molecule has 0 bridgehead atoms. The van der Waals surface area contributed by atoms with Crippen LogP contribution in [0.25, 0.3) is 0 Å². The van der Waals surface area contributed by atoms with Gasteiger partial charge >= 0.3 is 0 Å². The topological polar surface area (TPSA) is 15.7 Å². The average Bonchev–Trinajstić information content (AvgIpc) is 3.21. The first-order valence-corrected chi connectivity index (χ1v) is 19.2. The zero-order valence-corrected chi connectivity index (χ0v) is 29.7. The Morgan fingerprint density at radius 3 is 1.88 bits per heavy atom. The van der Waals surface area contributed by atoms with Gasteiger partial charge in [0.05, 0.1) is 6.04 Å². The number of rotatable bonds is 10. The molecule has 0 spiro atoms. The van der Waals surface area contributed by atoms with E-state index in [2.05, 4.69) is 162 Å².